The highest BCUT2D eigenvalue weighted by molar-refractivity contribution is 6.02. The molecule has 1 fully saturated rings. The van der Waals surface area contributed by atoms with Crippen LogP contribution in [-0.2, 0) is 16.1 Å². The number of hydrogen-bond acceptors (Lipinski definition) is 5. The molecule has 0 saturated carbocycles. The second-order valence-electron chi connectivity index (χ2n) is 6.92. The summed E-state index contributed by atoms with van der Waals surface area (Å²) in [6, 6.07) is 12.4. The molecule has 2 aliphatic rings. The van der Waals surface area contributed by atoms with E-state index in [-0.39, 0.29) is 30.8 Å². The summed E-state index contributed by atoms with van der Waals surface area (Å²) in [4.78, 5) is 38.1. The fourth-order valence-electron chi connectivity index (χ4n) is 3.41. The lowest BCUT2D eigenvalue weighted by molar-refractivity contribution is -0.126. The molecular weight excluding hydrogens is 360 g/mol. The van der Waals surface area contributed by atoms with Gasteiger partial charge in [-0.3, -0.25) is 14.4 Å². The van der Waals surface area contributed by atoms with Crippen molar-refractivity contribution >= 4 is 23.3 Å². The van der Waals surface area contributed by atoms with Gasteiger partial charge in [0.25, 0.3) is 0 Å². The van der Waals surface area contributed by atoms with Crippen LogP contribution in [0.5, 0.6) is 11.5 Å². The Hall–Kier alpha value is -3.35. The number of amides is 2. The maximum Gasteiger partial charge on any atom is 0.231 e. The van der Waals surface area contributed by atoms with Gasteiger partial charge in [0.05, 0.1) is 5.92 Å². The topological polar surface area (TPSA) is 84.9 Å². The number of Topliss-reactive ketones (excluding diaryl/α,β-unsaturated/α-hetero) is 1. The first-order valence-corrected chi connectivity index (χ1v) is 9.09. The summed E-state index contributed by atoms with van der Waals surface area (Å²) >= 11 is 0. The Kier molecular flexibility index (Phi) is 4.73. The van der Waals surface area contributed by atoms with Gasteiger partial charge < -0.3 is 19.7 Å². The van der Waals surface area contributed by atoms with E-state index in [1.54, 1.807) is 29.2 Å². The van der Waals surface area contributed by atoms with Gasteiger partial charge in [-0.15, -0.1) is 0 Å². The Bertz CT molecular complexity index is 956. The van der Waals surface area contributed by atoms with E-state index < -0.39 is 5.92 Å². The number of ketones is 1. The van der Waals surface area contributed by atoms with Crippen LogP contribution in [0.3, 0.4) is 0 Å². The number of hydrogen-bond donors (Lipinski definition) is 1. The van der Waals surface area contributed by atoms with E-state index in [9.17, 15) is 14.4 Å². The minimum absolute atomic E-state index is 0.0634. The molecular formula is C21H20N2O5. The smallest absolute Gasteiger partial charge is 0.231 e. The molecule has 144 valence electrons. The third-order valence-corrected chi connectivity index (χ3v) is 4.96. The molecule has 0 spiro atoms. The minimum Gasteiger partial charge on any atom is -0.454 e. The zero-order valence-corrected chi connectivity index (χ0v) is 15.4. The predicted octanol–water partition coefficient (Wildman–Crippen LogP) is 2.29. The molecule has 28 heavy (non-hydrogen) atoms. The van der Waals surface area contributed by atoms with Crippen molar-refractivity contribution in [2.75, 3.05) is 18.2 Å². The van der Waals surface area contributed by atoms with Gasteiger partial charge in [-0.05, 0) is 36.8 Å². The van der Waals surface area contributed by atoms with Gasteiger partial charge in [-0.1, -0.05) is 18.2 Å². The number of ether oxygens (including phenoxy) is 2. The Labute approximate surface area is 162 Å². The lowest BCUT2D eigenvalue weighted by Crippen LogP contribution is -2.32. The van der Waals surface area contributed by atoms with Crippen LogP contribution in [0.25, 0.3) is 0 Å². The summed E-state index contributed by atoms with van der Waals surface area (Å²) in [6.45, 7) is 2.33. The second kappa shape index (κ2) is 7.34. The molecule has 2 aliphatic heterocycles. The van der Waals surface area contributed by atoms with Gasteiger partial charge in [0.1, 0.15) is 0 Å². The van der Waals surface area contributed by atoms with Gasteiger partial charge in [-0.2, -0.15) is 0 Å². The van der Waals surface area contributed by atoms with E-state index in [1.807, 2.05) is 18.2 Å². The third kappa shape index (κ3) is 3.55. The van der Waals surface area contributed by atoms with Crippen LogP contribution in [0.2, 0.25) is 0 Å². The number of nitrogens with one attached hydrogen (secondary N) is 1. The summed E-state index contributed by atoms with van der Waals surface area (Å²) in [5.74, 6) is 0.577. The van der Waals surface area contributed by atoms with Crippen LogP contribution in [0, 0.1) is 5.92 Å². The van der Waals surface area contributed by atoms with E-state index in [0.29, 0.717) is 35.8 Å². The first kappa shape index (κ1) is 18.0. The molecule has 0 aromatic heterocycles. The van der Waals surface area contributed by atoms with E-state index in [2.05, 4.69) is 5.32 Å². The fourth-order valence-corrected chi connectivity index (χ4v) is 3.41. The summed E-state index contributed by atoms with van der Waals surface area (Å²) in [5, 5.41) is 2.89. The van der Waals surface area contributed by atoms with Crippen LogP contribution < -0.4 is 19.7 Å². The molecule has 2 aromatic rings. The molecule has 0 radical (unpaired) electrons. The maximum atomic E-state index is 12.5. The highest BCUT2D eigenvalue weighted by Gasteiger charge is 2.35. The summed E-state index contributed by atoms with van der Waals surface area (Å²) < 4.78 is 10.6. The van der Waals surface area contributed by atoms with Crippen molar-refractivity contribution < 1.29 is 23.9 Å². The number of fused-ring (bicyclic) bond motifs is 1. The zero-order chi connectivity index (χ0) is 19.7. The van der Waals surface area contributed by atoms with Gasteiger partial charge in [0.15, 0.2) is 17.3 Å². The second-order valence-corrected chi connectivity index (χ2v) is 6.92. The summed E-state index contributed by atoms with van der Waals surface area (Å²) in [6.07, 6.45) is 0.150. The summed E-state index contributed by atoms with van der Waals surface area (Å²) in [7, 11) is 0. The van der Waals surface area contributed by atoms with E-state index in [4.69, 9.17) is 9.47 Å². The summed E-state index contributed by atoms with van der Waals surface area (Å²) in [5.41, 5.74) is 2.08. The van der Waals surface area contributed by atoms with Crippen molar-refractivity contribution in [2.24, 2.45) is 5.92 Å². The number of rotatable bonds is 5. The largest absolute Gasteiger partial charge is 0.454 e. The molecule has 1 saturated heterocycles. The predicted molar refractivity (Wildman–Crippen MR) is 101 cm³/mol. The van der Waals surface area contributed by atoms with Crippen molar-refractivity contribution in [2.45, 2.75) is 19.9 Å². The average molecular weight is 380 g/mol. The lowest BCUT2D eigenvalue weighted by atomic mass is 10.1. The quantitative estimate of drug-likeness (QED) is 0.805. The lowest BCUT2D eigenvalue weighted by Gasteiger charge is -2.17. The number of carbonyl (C=O) groups excluding carboxylic acids is 3. The SMILES string of the molecule is CC(=O)c1cccc(N2CC(C(=O)NCc3ccc4c(c3)OCO4)CC2=O)c1. The van der Waals surface area contributed by atoms with Crippen molar-refractivity contribution in [1.29, 1.82) is 0 Å². The number of nitrogens with zero attached hydrogens (tertiary/aromatic N) is 1. The molecule has 2 amide bonds. The molecule has 4 rings (SSSR count). The van der Waals surface area contributed by atoms with Crippen molar-refractivity contribution in [3.8, 4) is 11.5 Å². The monoisotopic (exact) mass is 380 g/mol. The van der Waals surface area contributed by atoms with Gasteiger partial charge >= 0.3 is 0 Å². The third-order valence-electron chi connectivity index (χ3n) is 4.96. The molecule has 0 aliphatic carbocycles. The normalized spacial score (nSPS) is 17.7. The van der Waals surface area contributed by atoms with Crippen LogP contribution in [-0.4, -0.2) is 30.9 Å². The first-order valence-electron chi connectivity index (χ1n) is 9.09. The molecule has 1 unspecified atom stereocenters. The van der Waals surface area contributed by atoms with E-state index >= 15 is 0 Å². The van der Waals surface area contributed by atoms with Crippen LogP contribution in [0.4, 0.5) is 5.69 Å². The van der Waals surface area contributed by atoms with Crippen LogP contribution in [0.15, 0.2) is 42.5 Å². The Morgan fingerprint density at radius 3 is 2.79 bits per heavy atom. The molecule has 2 heterocycles. The molecule has 1 N–H and O–H groups in total. The molecule has 7 nitrogen and oxygen atoms in total. The molecule has 2 aromatic carbocycles. The zero-order valence-electron chi connectivity index (χ0n) is 15.4. The van der Waals surface area contributed by atoms with E-state index in [1.165, 1.54) is 6.92 Å². The molecule has 1 atom stereocenters. The van der Waals surface area contributed by atoms with Gasteiger partial charge in [0.2, 0.25) is 18.6 Å². The van der Waals surface area contributed by atoms with Crippen molar-refractivity contribution in [1.82, 2.24) is 5.32 Å². The standard InChI is InChI=1S/C21H20N2O5/c1-13(24)15-3-2-4-17(8-15)23-11-16(9-20(23)25)21(26)22-10-14-5-6-18-19(7-14)28-12-27-18/h2-8,16H,9-12H2,1H3,(H,22,26). The van der Waals surface area contributed by atoms with Crippen molar-refractivity contribution in [3.63, 3.8) is 0 Å². The van der Waals surface area contributed by atoms with Gasteiger partial charge in [-0.25, -0.2) is 0 Å². The molecule has 0 bridgehead atoms. The first-order chi connectivity index (χ1) is 13.5. The fraction of sp³-hybridized carbons (Fsp3) is 0.286. The Balaban J connectivity index is 1.39. The van der Waals surface area contributed by atoms with E-state index in [0.717, 1.165) is 5.56 Å². The molecule has 7 heteroatoms. The average Bonchev–Trinajstić information content (AvgIpc) is 3.32. The number of carbonyl (C=O) groups is 3. The highest BCUT2D eigenvalue weighted by atomic mass is 16.7. The van der Waals surface area contributed by atoms with Crippen LogP contribution >= 0.6 is 0 Å². The Morgan fingerprint density at radius 1 is 1.14 bits per heavy atom. The highest BCUT2D eigenvalue weighted by Crippen LogP contribution is 2.32. The maximum absolute atomic E-state index is 12.5. The van der Waals surface area contributed by atoms with Gasteiger partial charge in [0, 0.05) is 30.8 Å². The number of anilines is 1. The Morgan fingerprint density at radius 2 is 1.96 bits per heavy atom. The number of benzene rings is 2. The minimum atomic E-state index is -0.428. The van der Waals surface area contributed by atoms with Crippen molar-refractivity contribution in [3.05, 3.63) is 53.6 Å². The van der Waals surface area contributed by atoms with Crippen LogP contribution in [0.1, 0.15) is 29.3 Å².